The fraction of sp³-hybridized carbons (Fsp3) is 0.500. The second-order valence-corrected chi connectivity index (χ2v) is 8.94. The molecule has 0 bridgehead atoms. The van der Waals surface area contributed by atoms with Crippen LogP contribution in [0.5, 0.6) is 0 Å². The van der Waals surface area contributed by atoms with Crippen LogP contribution < -0.4 is 4.72 Å². The van der Waals surface area contributed by atoms with Gasteiger partial charge < -0.3 is 0 Å². The molecule has 2 aromatic rings. The summed E-state index contributed by atoms with van der Waals surface area (Å²) >= 11 is 0. The summed E-state index contributed by atoms with van der Waals surface area (Å²) in [7, 11) is -3.57. The SMILES string of the molecule is CCCn1nccc1S(=O)(=O)NCC1(c2ccccc2)CC1(C)C. The number of benzene rings is 1. The molecule has 1 N–H and O–H groups in total. The van der Waals surface area contributed by atoms with Gasteiger partial charge in [0.25, 0.3) is 10.0 Å². The van der Waals surface area contributed by atoms with E-state index >= 15 is 0 Å². The molecule has 1 aromatic carbocycles. The van der Waals surface area contributed by atoms with Crippen molar-refractivity contribution in [3.05, 3.63) is 48.2 Å². The molecule has 0 spiro atoms. The molecule has 1 fully saturated rings. The van der Waals surface area contributed by atoms with Crippen molar-refractivity contribution in [1.29, 1.82) is 0 Å². The van der Waals surface area contributed by atoms with Crippen molar-refractivity contribution in [2.45, 2.75) is 50.6 Å². The molecular weight excluding hydrogens is 322 g/mol. The zero-order valence-electron chi connectivity index (χ0n) is 14.5. The molecule has 6 heteroatoms. The Hall–Kier alpha value is -1.66. The average Bonchev–Trinajstić information content (AvgIpc) is 2.88. The van der Waals surface area contributed by atoms with Crippen LogP contribution in [0.3, 0.4) is 0 Å². The molecule has 1 aliphatic carbocycles. The van der Waals surface area contributed by atoms with Gasteiger partial charge in [-0.2, -0.15) is 5.10 Å². The van der Waals surface area contributed by atoms with Gasteiger partial charge in [0.2, 0.25) is 0 Å². The van der Waals surface area contributed by atoms with Crippen LogP contribution in [0, 0.1) is 5.41 Å². The van der Waals surface area contributed by atoms with Crippen LogP contribution in [0.4, 0.5) is 0 Å². The lowest BCUT2D eigenvalue weighted by Gasteiger charge is -2.22. The summed E-state index contributed by atoms with van der Waals surface area (Å²) in [5, 5.41) is 4.36. The van der Waals surface area contributed by atoms with Crippen molar-refractivity contribution >= 4 is 10.0 Å². The van der Waals surface area contributed by atoms with Gasteiger partial charge in [0.15, 0.2) is 5.03 Å². The van der Waals surface area contributed by atoms with E-state index in [1.165, 1.54) is 11.8 Å². The Balaban J connectivity index is 1.82. The molecule has 1 aromatic heterocycles. The van der Waals surface area contributed by atoms with Gasteiger partial charge in [0, 0.05) is 18.5 Å². The summed E-state index contributed by atoms with van der Waals surface area (Å²) in [6, 6.07) is 11.7. The second kappa shape index (κ2) is 6.01. The van der Waals surface area contributed by atoms with Crippen molar-refractivity contribution < 1.29 is 8.42 Å². The van der Waals surface area contributed by atoms with Crippen LogP contribution in [0.15, 0.2) is 47.6 Å². The highest BCUT2D eigenvalue weighted by atomic mass is 32.2. The molecule has 130 valence electrons. The van der Waals surface area contributed by atoms with Crippen LogP contribution in [-0.2, 0) is 22.0 Å². The Morgan fingerprint density at radius 2 is 1.88 bits per heavy atom. The quantitative estimate of drug-likeness (QED) is 0.837. The van der Waals surface area contributed by atoms with Gasteiger partial charge in [-0.15, -0.1) is 0 Å². The van der Waals surface area contributed by atoms with Gasteiger partial charge in [-0.25, -0.2) is 13.1 Å². The van der Waals surface area contributed by atoms with Crippen molar-refractivity contribution in [2.24, 2.45) is 5.41 Å². The molecule has 3 rings (SSSR count). The van der Waals surface area contributed by atoms with Gasteiger partial charge >= 0.3 is 0 Å². The fourth-order valence-electron chi connectivity index (χ4n) is 3.58. The third kappa shape index (κ3) is 2.89. The first-order chi connectivity index (χ1) is 11.3. The zero-order valence-corrected chi connectivity index (χ0v) is 15.3. The minimum Gasteiger partial charge on any atom is -0.253 e. The van der Waals surface area contributed by atoms with Crippen molar-refractivity contribution in [2.75, 3.05) is 6.54 Å². The maximum atomic E-state index is 12.7. The summed E-state index contributed by atoms with van der Waals surface area (Å²) in [6.07, 6.45) is 3.35. The average molecular weight is 347 g/mol. The highest BCUT2D eigenvalue weighted by Crippen LogP contribution is 2.63. The number of hydrogen-bond acceptors (Lipinski definition) is 3. The Bertz CT molecular complexity index is 812. The molecular formula is C18H25N3O2S. The number of sulfonamides is 1. The first-order valence-electron chi connectivity index (χ1n) is 8.39. The van der Waals surface area contributed by atoms with Crippen molar-refractivity contribution in [3.8, 4) is 0 Å². The zero-order chi connectivity index (χ0) is 17.4. The molecule has 1 saturated carbocycles. The molecule has 1 unspecified atom stereocenters. The summed E-state index contributed by atoms with van der Waals surface area (Å²) in [5.74, 6) is 0. The lowest BCUT2D eigenvalue weighted by molar-refractivity contribution is 0.478. The van der Waals surface area contributed by atoms with Crippen LogP contribution >= 0.6 is 0 Å². The number of aromatic nitrogens is 2. The van der Waals surface area contributed by atoms with E-state index in [0.29, 0.717) is 13.1 Å². The summed E-state index contributed by atoms with van der Waals surface area (Å²) in [5.41, 5.74) is 1.14. The van der Waals surface area contributed by atoms with Crippen LogP contribution in [-0.4, -0.2) is 24.7 Å². The number of hydrogen-bond donors (Lipinski definition) is 1. The van der Waals surface area contributed by atoms with Crippen LogP contribution in [0.1, 0.15) is 39.2 Å². The lowest BCUT2D eigenvalue weighted by Crippen LogP contribution is -2.35. The predicted octanol–water partition coefficient (Wildman–Crippen LogP) is 2.94. The molecule has 1 aliphatic rings. The van der Waals surface area contributed by atoms with Crippen LogP contribution in [0.2, 0.25) is 0 Å². The van der Waals surface area contributed by atoms with Crippen LogP contribution in [0.25, 0.3) is 0 Å². The van der Waals surface area contributed by atoms with E-state index in [9.17, 15) is 8.42 Å². The molecule has 1 heterocycles. The summed E-state index contributed by atoms with van der Waals surface area (Å²) < 4.78 is 29.8. The third-order valence-corrected chi connectivity index (χ3v) is 6.61. The third-order valence-electron chi connectivity index (χ3n) is 5.19. The summed E-state index contributed by atoms with van der Waals surface area (Å²) in [4.78, 5) is 0. The number of aryl methyl sites for hydroxylation is 1. The topological polar surface area (TPSA) is 64.0 Å². The standard InChI is InChI=1S/C18H25N3O2S/c1-4-12-21-16(10-11-19-21)24(22,23)20-14-18(13-17(18,2)3)15-8-6-5-7-9-15/h5-11,20H,4,12-14H2,1-3H3. The Kier molecular flexibility index (Phi) is 4.30. The van der Waals surface area contributed by atoms with E-state index in [4.69, 9.17) is 0 Å². The molecule has 0 saturated heterocycles. The maximum absolute atomic E-state index is 12.7. The van der Waals surface area contributed by atoms with Gasteiger partial charge in [0.05, 0.1) is 6.20 Å². The van der Waals surface area contributed by atoms with Crippen molar-refractivity contribution in [3.63, 3.8) is 0 Å². The van der Waals surface area contributed by atoms with Crippen molar-refractivity contribution in [1.82, 2.24) is 14.5 Å². The first kappa shape index (κ1) is 17.2. The minimum atomic E-state index is -3.57. The maximum Gasteiger partial charge on any atom is 0.257 e. The normalized spacial score (nSPS) is 22.5. The van der Waals surface area contributed by atoms with Gasteiger partial charge in [0.1, 0.15) is 0 Å². The monoisotopic (exact) mass is 347 g/mol. The highest BCUT2D eigenvalue weighted by Gasteiger charge is 2.61. The lowest BCUT2D eigenvalue weighted by atomic mass is 9.88. The van der Waals surface area contributed by atoms with E-state index in [0.717, 1.165) is 12.8 Å². The van der Waals surface area contributed by atoms with E-state index in [-0.39, 0.29) is 15.9 Å². The molecule has 24 heavy (non-hydrogen) atoms. The molecule has 0 radical (unpaired) electrons. The minimum absolute atomic E-state index is 0.0839. The Morgan fingerprint density at radius 1 is 1.21 bits per heavy atom. The smallest absolute Gasteiger partial charge is 0.253 e. The number of nitrogens with one attached hydrogen (secondary N) is 1. The van der Waals surface area contributed by atoms with E-state index in [1.54, 1.807) is 10.7 Å². The molecule has 1 atom stereocenters. The number of rotatable bonds is 7. The largest absolute Gasteiger partial charge is 0.257 e. The van der Waals surface area contributed by atoms with E-state index in [1.807, 2.05) is 25.1 Å². The molecule has 0 aliphatic heterocycles. The second-order valence-electron chi connectivity index (χ2n) is 7.23. The Morgan fingerprint density at radius 3 is 2.46 bits per heavy atom. The molecule has 0 amide bonds. The molecule has 5 nitrogen and oxygen atoms in total. The van der Waals surface area contributed by atoms with Gasteiger partial charge in [-0.3, -0.25) is 4.68 Å². The van der Waals surface area contributed by atoms with E-state index < -0.39 is 10.0 Å². The fourth-order valence-corrected chi connectivity index (χ4v) is 4.82. The first-order valence-corrected chi connectivity index (χ1v) is 9.88. The van der Waals surface area contributed by atoms with Gasteiger partial charge in [-0.1, -0.05) is 51.1 Å². The summed E-state index contributed by atoms with van der Waals surface area (Å²) in [6.45, 7) is 7.39. The highest BCUT2D eigenvalue weighted by molar-refractivity contribution is 7.89. The predicted molar refractivity (Wildman–Crippen MR) is 94.2 cm³/mol. The van der Waals surface area contributed by atoms with E-state index in [2.05, 4.69) is 35.8 Å². The van der Waals surface area contributed by atoms with Gasteiger partial charge in [-0.05, 0) is 29.9 Å². The Labute approximate surface area is 144 Å². The number of nitrogens with zero attached hydrogens (tertiary/aromatic N) is 2.